The van der Waals surface area contributed by atoms with E-state index in [1.807, 2.05) is 24.6 Å². The van der Waals surface area contributed by atoms with Gasteiger partial charge in [0.05, 0.1) is 26.8 Å². The topological polar surface area (TPSA) is 355 Å². The van der Waals surface area contributed by atoms with Gasteiger partial charge in [-0.05, 0) is 89.7 Å². The molecule has 9 atom stereocenters. The molecule has 25 nitrogen and oxygen atoms in total. The first kappa shape index (κ1) is 66.9. The van der Waals surface area contributed by atoms with Crippen molar-refractivity contribution < 1.29 is 77.7 Å². The van der Waals surface area contributed by atoms with Crippen LogP contribution in [0.2, 0.25) is 0 Å². The van der Waals surface area contributed by atoms with Crippen LogP contribution in [0.1, 0.15) is 85.6 Å². The number of ether oxygens (including phenoxy) is 4. The quantitative estimate of drug-likeness (QED) is 0.0262. The molecule has 29 heteroatoms. The average Bonchev–Trinajstić information content (AvgIpc) is 1.89. The smallest absolute Gasteiger partial charge is 0.415 e. The molecule has 0 bridgehead atoms. The number of urea groups is 1. The van der Waals surface area contributed by atoms with Crippen LogP contribution in [-0.4, -0.2) is 179 Å². The van der Waals surface area contributed by atoms with Gasteiger partial charge in [0.2, 0.25) is 29.9 Å². The van der Waals surface area contributed by atoms with Gasteiger partial charge in [-0.1, -0.05) is 26.0 Å². The Balaban J connectivity index is 0.864. The van der Waals surface area contributed by atoms with Gasteiger partial charge >= 0.3 is 24.2 Å². The molecule has 8 rings (SSSR count). The number of carboxylic acid groups (broad SMARTS) is 1. The molecule has 8 amide bonds. The minimum atomic E-state index is -1.92. The highest BCUT2D eigenvalue weighted by Crippen LogP contribution is 2.51. The van der Waals surface area contributed by atoms with Crippen molar-refractivity contribution in [2.45, 2.75) is 121 Å². The summed E-state index contributed by atoms with van der Waals surface area (Å²) < 4.78 is 24.4. The summed E-state index contributed by atoms with van der Waals surface area (Å²) in [7, 11) is 3.04. The van der Waals surface area contributed by atoms with Crippen LogP contribution in [0.3, 0.4) is 0 Å². The van der Waals surface area contributed by atoms with Crippen LogP contribution in [0.15, 0.2) is 47.2 Å². The number of nitrogens with two attached hydrogens (primary N) is 2. The van der Waals surface area contributed by atoms with Crippen molar-refractivity contribution in [3.05, 3.63) is 75.0 Å². The summed E-state index contributed by atoms with van der Waals surface area (Å²) in [6.45, 7) is 8.04. The van der Waals surface area contributed by atoms with Crippen molar-refractivity contribution in [3.63, 3.8) is 0 Å². The number of aliphatic carboxylic acids is 1. The zero-order chi connectivity index (χ0) is 64.0. The summed E-state index contributed by atoms with van der Waals surface area (Å²) in [5.74, 6) is -3.15. The van der Waals surface area contributed by atoms with Crippen molar-refractivity contribution in [1.29, 1.82) is 0 Å². The second kappa shape index (κ2) is 29.0. The fraction of sp³-hybridized carbons (Fsp3) is 0.492. The van der Waals surface area contributed by atoms with E-state index in [0.29, 0.717) is 38.4 Å². The molecule has 476 valence electrons. The standard InChI is InChI=1S/C59H73Cl2N9O16S2/c1-28(2)46(62)54(77)66-35(9-8-16-64-57(63)80)53(76)65-34-14-12-31(13-15-34)25-83-58(81)67(5)17-18-68(6)59(82)85-39-20-37-45(43-30(4)27-88-52(39)43)33(22-61)24-70(37)41(72)11-7-10-40(71)69-23-32(21-60)44-36(69)19-38(51-42(44)29(3)26-87-51)84-56-49(75)47(73)48(74)50(86-56)55(78)79/h12-15,19-20,26-28,32-33,35,46-50,56,73-75H,7-11,16-18,21-25,62H2,1-6H3,(H,65,76)(H,66,77)(H,78,79)(H3,63,64,80)/t32-,33-,35+,46+,47+,48+,49-,50+,56-/m1/s1. The Labute approximate surface area is 525 Å². The number of nitrogens with zero attached hydrogens (tertiary/aromatic N) is 4. The second-order valence-corrected chi connectivity index (χ2v) is 24.9. The van der Waals surface area contributed by atoms with Gasteiger partial charge in [-0.2, -0.15) is 0 Å². The number of halogens is 2. The van der Waals surface area contributed by atoms with E-state index < -0.39 is 78.8 Å². The number of carbonyl (C=O) groups excluding carboxylic acids is 7. The van der Waals surface area contributed by atoms with Gasteiger partial charge < -0.3 is 86.4 Å². The van der Waals surface area contributed by atoms with Crippen LogP contribution in [0.25, 0.3) is 20.2 Å². The number of likely N-dealkylation sites (N-methyl/N-ethyl adjacent to an activating group) is 2. The molecule has 0 saturated carbocycles. The summed E-state index contributed by atoms with van der Waals surface area (Å²) in [4.78, 5) is 110. The molecular formula is C59H73Cl2N9O16S2. The van der Waals surface area contributed by atoms with Crippen molar-refractivity contribution in [2.24, 2.45) is 17.4 Å². The molecule has 88 heavy (non-hydrogen) atoms. The number of primary amides is 1. The number of nitrogens with one attached hydrogen (secondary N) is 3. The predicted molar refractivity (Wildman–Crippen MR) is 332 cm³/mol. The van der Waals surface area contributed by atoms with Gasteiger partial charge in [0.1, 0.15) is 36.7 Å². The normalized spacial score (nSPS) is 20.3. The number of fused-ring (bicyclic) bond motifs is 6. The Hall–Kier alpha value is -7.08. The van der Waals surface area contributed by atoms with Crippen molar-refractivity contribution in [2.75, 3.05) is 73.7 Å². The highest BCUT2D eigenvalue weighted by atomic mass is 35.5. The molecule has 0 aliphatic carbocycles. The summed E-state index contributed by atoms with van der Waals surface area (Å²) in [5.41, 5.74) is 16.6. The van der Waals surface area contributed by atoms with Gasteiger partial charge in [-0.25, -0.2) is 19.2 Å². The Bertz CT molecular complexity index is 3440. The van der Waals surface area contributed by atoms with E-state index in [2.05, 4.69) is 16.0 Å². The second-order valence-electron chi connectivity index (χ2n) is 22.5. The molecule has 3 aliphatic rings. The molecule has 0 spiro atoms. The fourth-order valence-corrected chi connectivity index (χ4v) is 13.4. The maximum Gasteiger partial charge on any atom is 0.415 e. The third kappa shape index (κ3) is 14.8. The van der Waals surface area contributed by atoms with Gasteiger partial charge in [-0.15, -0.1) is 45.9 Å². The molecule has 5 heterocycles. The van der Waals surface area contributed by atoms with E-state index in [9.17, 15) is 58.8 Å². The first-order valence-electron chi connectivity index (χ1n) is 28.5. The molecule has 0 unspecified atom stereocenters. The summed E-state index contributed by atoms with van der Waals surface area (Å²) in [6, 6.07) is 7.29. The highest BCUT2D eigenvalue weighted by Gasteiger charge is 2.49. The van der Waals surface area contributed by atoms with Crippen molar-refractivity contribution in [1.82, 2.24) is 20.4 Å². The number of rotatable bonds is 24. The van der Waals surface area contributed by atoms with E-state index in [1.165, 1.54) is 46.6 Å². The minimum Gasteiger partial charge on any atom is -0.479 e. The minimum absolute atomic E-state index is 0.0340. The number of aliphatic hydroxyl groups is 3. The van der Waals surface area contributed by atoms with E-state index in [0.717, 1.165) is 33.0 Å². The monoisotopic (exact) mass is 1300 g/mol. The Morgan fingerprint density at radius 3 is 1.85 bits per heavy atom. The van der Waals surface area contributed by atoms with Crippen LogP contribution in [0, 0.1) is 19.8 Å². The Morgan fingerprint density at radius 1 is 0.773 bits per heavy atom. The van der Waals surface area contributed by atoms with Gasteiger partial charge in [0, 0.05) is 112 Å². The summed E-state index contributed by atoms with van der Waals surface area (Å²) >= 11 is 15.8. The Kier molecular flexibility index (Phi) is 22.1. The molecular weight excluding hydrogens is 1230 g/mol. The fourth-order valence-electron chi connectivity index (χ4n) is 10.8. The lowest BCUT2D eigenvalue weighted by atomic mass is 9.96. The third-order valence-corrected chi connectivity index (χ3v) is 18.8. The molecule has 11 N–H and O–H groups in total. The molecule has 1 fully saturated rings. The van der Waals surface area contributed by atoms with Crippen LogP contribution in [-0.2, 0) is 40.1 Å². The molecule has 5 aromatic rings. The molecule has 1 saturated heterocycles. The first-order chi connectivity index (χ1) is 41.8. The van der Waals surface area contributed by atoms with Gasteiger partial charge in [0.15, 0.2) is 11.9 Å². The van der Waals surface area contributed by atoms with Gasteiger partial charge in [-0.3, -0.25) is 19.2 Å². The van der Waals surface area contributed by atoms with E-state index >= 15 is 0 Å². The number of hydrogen-bond acceptors (Lipinski definition) is 18. The van der Waals surface area contributed by atoms with Crippen molar-refractivity contribution in [3.8, 4) is 11.5 Å². The van der Waals surface area contributed by atoms with Gasteiger partial charge in [0.25, 0.3) is 0 Å². The number of anilines is 3. The maximum atomic E-state index is 14.3. The number of thiophene rings is 2. The highest BCUT2D eigenvalue weighted by molar-refractivity contribution is 7.18. The number of carbonyl (C=O) groups is 8. The lowest BCUT2D eigenvalue weighted by molar-refractivity contribution is -0.270. The number of alkyl halides is 2. The largest absolute Gasteiger partial charge is 0.479 e. The number of aryl methyl sites for hydroxylation is 2. The zero-order valence-electron chi connectivity index (χ0n) is 49.3. The zero-order valence-corrected chi connectivity index (χ0v) is 52.4. The Morgan fingerprint density at radius 2 is 1.32 bits per heavy atom. The van der Waals surface area contributed by atoms with Crippen LogP contribution >= 0.6 is 45.9 Å². The summed E-state index contributed by atoms with van der Waals surface area (Å²) in [5, 5.41) is 54.6. The number of carboxylic acids is 1. The number of hydrogen-bond donors (Lipinski definition) is 9. The molecule has 0 radical (unpaired) electrons. The molecule has 2 aromatic heterocycles. The van der Waals surface area contributed by atoms with E-state index in [1.54, 1.807) is 60.0 Å². The van der Waals surface area contributed by atoms with E-state index in [4.69, 9.17) is 53.6 Å². The van der Waals surface area contributed by atoms with Crippen LogP contribution in [0.4, 0.5) is 31.4 Å². The molecule has 3 aliphatic heterocycles. The number of benzene rings is 3. The van der Waals surface area contributed by atoms with E-state index in [-0.39, 0.29) is 118 Å². The van der Waals surface area contributed by atoms with Crippen molar-refractivity contribution >= 4 is 131 Å². The lowest BCUT2D eigenvalue weighted by Gasteiger charge is -2.38. The average molecular weight is 1300 g/mol. The number of aliphatic hydroxyl groups excluding tert-OH is 3. The lowest BCUT2D eigenvalue weighted by Crippen LogP contribution is -2.61. The third-order valence-electron chi connectivity index (χ3n) is 15.8. The van der Waals surface area contributed by atoms with Crippen LogP contribution in [0.5, 0.6) is 11.5 Å². The first-order valence-corrected chi connectivity index (χ1v) is 31.4. The number of amides is 8. The SMILES string of the molecule is Cc1csc2c(OC(=O)N(C)CCN(C)C(=O)OCc3ccc(NC(=O)[C@H](CCCNC(N)=O)NC(=O)[C@@H](N)C(C)C)cc3)cc3c(c12)[C@H](CCl)CN3C(=O)CCCC(=O)N1C[C@@H](CCl)c2c1cc(O[C@@H]1O[C@H](C(=O)O)[C@@H](O)[C@H](O)[C@H]1O)c1scc(C)c21. The maximum absolute atomic E-state index is 14.3. The summed E-state index contributed by atoms with van der Waals surface area (Å²) in [6.07, 6.45) is -10.0. The predicted octanol–water partition coefficient (Wildman–Crippen LogP) is 5.77. The van der Waals surface area contributed by atoms with Crippen LogP contribution < -0.4 is 46.7 Å². The molecule has 3 aromatic carbocycles.